The van der Waals surface area contributed by atoms with Crippen molar-refractivity contribution in [2.45, 2.75) is 37.7 Å². The molecule has 0 spiro atoms. The first kappa shape index (κ1) is 13.5. The van der Waals surface area contributed by atoms with Crippen molar-refractivity contribution in [2.75, 3.05) is 0 Å². The molecule has 1 aliphatic carbocycles. The molecule has 0 radical (unpaired) electrons. The van der Waals surface area contributed by atoms with E-state index in [9.17, 15) is 9.90 Å². The van der Waals surface area contributed by atoms with Gasteiger partial charge >= 0.3 is 126 Å². The van der Waals surface area contributed by atoms with Crippen molar-refractivity contribution in [3.63, 3.8) is 0 Å². The van der Waals surface area contributed by atoms with Crippen LogP contribution in [-0.2, 0) is 5.60 Å². The average Bonchev–Trinajstić information content (AvgIpc) is 2.78. The Hall–Kier alpha value is -0.481. The van der Waals surface area contributed by atoms with Gasteiger partial charge in [-0.3, -0.25) is 0 Å². The van der Waals surface area contributed by atoms with E-state index in [0.29, 0.717) is 5.69 Å². The van der Waals surface area contributed by atoms with Crippen LogP contribution in [0.3, 0.4) is 0 Å². The zero-order valence-electron chi connectivity index (χ0n) is 10.4. The molecule has 0 bridgehead atoms. The normalized spacial score (nSPS) is 18.6. The Morgan fingerprint density at radius 2 is 2.05 bits per heavy atom. The van der Waals surface area contributed by atoms with Gasteiger partial charge in [-0.25, -0.2) is 0 Å². The first-order chi connectivity index (χ1) is 9.15. The van der Waals surface area contributed by atoms with Gasteiger partial charge in [-0.15, -0.1) is 0 Å². The summed E-state index contributed by atoms with van der Waals surface area (Å²) < 4.78 is 4.11. The summed E-state index contributed by atoms with van der Waals surface area (Å²) in [5.41, 5.74) is 1.02. The second-order valence-electron chi connectivity index (χ2n) is 5.07. The summed E-state index contributed by atoms with van der Waals surface area (Å²) in [6, 6.07) is 5.71. The first-order valence-corrected chi connectivity index (χ1v) is 8.89. The molecule has 0 aromatic carbocycles. The third-order valence-corrected chi connectivity index (χ3v) is 8.05. The predicted octanol–water partition coefficient (Wildman–Crippen LogP) is 2.21. The Kier molecular flexibility index (Phi) is 3.65. The molecule has 2 heterocycles. The summed E-state index contributed by atoms with van der Waals surface area (Å²) >= 11 is 3.61. The average molecular weight is 388 g/mol. The minimum absolute atomic E-state index is 0.0300. The molecule has 0 amide bonds. The molecule has 3 nitrogen and oxygen atoms in total. The van der Waals surface area contributed by atoms with E-state index in [2.05, 4.69) is 15.9 Å². The molecule has 19 heavy (non-hydrogen) atoms. The van der Waals surface area contributed by atoms with Gasteiger partial charge in [-0.2, -0.15) is 0 Å². The molecule has 2 aromatic rings. The van der Waals surface area contributed by atoms with Crippen LogP contribution in [0.4, 0.5) is 0 Å². The van der Waals surface area contributed by atoms with Crippen LogP contribution in [0.5, 0.6) is 0 Å². The second-order valence-corrected chi connectivity index (χ2v) is 7.87. The molecule has 1 saturated carbocycles. The van der Waals surface area contributed by atoms with Crippen LogP contribution in [0, 0.1) is 0 Å². The third kappa shape index (κ3) is 2.23. The quantitative estimate of drug-likeness (QED) is 0.634. The Morgan fingerprint density at radius 1 is 1.32 bits per heavy atom. The Bertz CT molecular complexity index is 632. The zero-order chi connectivity index (χ0) is 13.5. The van der Waals surface area contributed by atoms with Gasteiger partial charge in [-0.1, -0.05) is 0 Å². The number of hydrogen-bond donors (Lipinski definition) is 1. The summed E-state index contributed by atoms with van der Waals surface area (Å²) in [4.78, 5) is 11.1. The second kappa shape index (κ2) is 5.13. The molecule has 0 aliphatic heterocycles. The summed E-state index contributed by atoms with van der Waals surface area (Å²) in [6.07, 6.45) is 5.93. The number of aromatic nitrogens is 1. The molecule has 0 saturated heterocycles. The van der Waals surface area contributed by atoms with E-state index in [1.165, 1.54) is 6.42 Å². The number of nitrogens with zero attached hydrogens (tertiary/aromatic N) is 1. The fourth-order valence-electron chi connectivity index (χ4n) is 2.76. The van der Waals surface area contributed by atoms with E-state index in [1.807, 2.05) is 21.6 Å². The molecule has 2 aromatic heterocycles. The monoisotopic (exact) mass is 388 g/mol. The molecule has 1 fully saturated rings. The van der Waals surface area contributed by atoms with E-state index in [0.717, 1.165) is 46.4 Å². The van der Waals surface area contributed by atoms with Crippen molar-refractivity contribution >= 4 is 42.5 Å². The molecule has 0 unspecified atom stereocenters. The number of pyridine rings is 1. The van der Waals surface area contributed by atoms with Crippen molar-refractivity contribution < 1.29 is 13.3 Å². The van der Waals surface area contributed by atoms with Crippen LogP contribution in [-0.4, -0.2) is 26.1 Å². The van der Waals surface area contributed by atoms with Gasteiger partial charge in [0.25, 0.3) is 0 Å². The van der Waals surface area contributed by atoms with Gasteiger partial charge in [-0.05, 0) is 0 Å². The van der Waals surface area contributed by atoms with E-state index >= 15 is 0 Å². The van der Waals surface area contributed by atoms with Gasteiger partial charge in [0, 0.05) is 0 Å². The number of aliphatic hydroxyl groups is 1. The van der Waals surface area contributed by atoms with Gasteiger partial charge < -0.3 is 0 Å². The maximum absolute atomic E-state index is 11.1. The topological polar surface area (TPSA) is 41.4 Å². The van der Waals surface area contributed by atoms with Crippen LogP contribution < -0.4 is 3.40 Å². The molecule has 0 atom stereocenters. The summed E-state index contributed by atoms with van der Waals surface area (Å²) in [7, 11) is 0. The fraction of sp³-hybridized carbons (Fsp3) is 0.429. The van der Waals surface area contributed by atoms with Crippen LogP contribution in [0.25, 0.3) is 5.52 Å². The van der Waals surface area contributed by atoms with E-state index in [4.69, 9.17) is 0 Å². The van der Waals surface area contributed by atoms with Crippen molar-refractivity contribution in [1.29, 1.82) is 0 Å². The van der Waals surface area contributed by atoms with Crippen LogP contribution in [0.15, 0.2) is 22.7 Å². The predicted molar refractivity (Wildman–Crippen MR) is 76.6 cm³/mol. The minimum atomic E-state index is -0.677. The first-order valence-electron chi connectivity index (χ1n) is 6.47. The van der Waals surface area contributed by atoms with Crippen molar-refractivity contribution in [3.05, 3.63) is 32.8 Å². The number of aldehydes is 1. The number of hydrogen-bond acceptors (Lipinski definition) is 2. The summed E-state index contributed by atoms with van der Waals surface area (Å²) in [6.45, 7) is 0. The summed E-state index contributed by atoms with van der Waals surface area (Å²) in [5.74, 6) is 0. The van der Waals surface area contributed by atoms with E-state index < -0.39 is 5.60 Å². The Morgan fingerprint density at radius 3 is 2.74 bits per heavy atom. The zero-order valence-corrected chi connectivity index (χ0v) is 13.7. The van der Waals surface area contributed by atoms with Gasteiger partial charge in [0.1, 0.15) is 0 Å². The Labute approximate surface area is 126 Å². The molecule has 1 aliphatic rings. The fourth-order valence-corrected chi connectivity index (χ4v) is 6.60. The van der Waals surface area contributed by atoms with Crippen molar-refractivity contribution in [3.8, 4) is 0 Å². The SMILES string of the molecule is O=Cc1cccc2c(Br)c(C3(O)CCCCC3)[se][n+]12. The van der Waals surface area contributed by atoms with E-state index in [1.54, 1.807) is 0 Å². The van der Waals surface area contributed by atoms with Crippen molar-refractivity contribution in [2.24, 2.45) is 0 Å². The number of rotatable bonds is 2. The third-order valence-electron chi connectivity index (χ3n) is 3.81. The number of carbonyl (C=O) groups is 1. The molecule has 5 heteroatoms. The van der Waals surface area contributed by atoms with Crippen LogP contribution >= 0.6 is 15.9 Å². The van der Waals surface area contributed by atoms with E-state index in [-0.39, 0.29) is 14.7 Å². The van der Waals surface area contributed by atoms with Crippen molar-refractivity contribution in [1.82, 2.24) is 0 Å². The molecule has 100 valence electrons. The van der Waals surface area contributed by atoms with Crippen LogP contribution in [0.2, 0.25) is 0 Å². The van der Waals surface area contributed by atoms with Gasteiger partial charge in [0.15, 0.2) is 0 Å². The Balaban J connectivity index is 2.19. The van der Waals surface area contributed by atoms with Gasteiger partial charge in [0.05, 0.1) is 0 Å². The standard InChI is InChI=1S/C14H15BrNO2Se/c15-12-11-6-4-5-10(9-17)16(11)19-13(12)14(18)7-2-1-3-8-14/h4-6,9,18H,1-3,7-8H2/q+1. The van der Waals surface area contributed by atoms with Crippen LogP contribution in [0.1, 0.15) is 47.0 Å². The molecule has 3 rings (SSSR count). The summed E-state index contributed by atoms with van der Waals surface area (Å²) in [5, 5.41) is 10.9. The number of halogens is 1. The van der Waals surface area contributed by atoms with Gasteiger partial charge in [0.2, 0.25) is 0 Å². The molecular weight excluding hydrogens is 373 g/mol. The maximum atomic E-state index is 11.1. The number of carbonyl (C=O) groups excluding carboxylic acids is 1. The molecular formula is C14H15BrNO2Se+. The number of fused-ring (bicyclic) bond motifs is 1. The molecule has 1 N–H and O–H groups in total.